The molecule has 7 nitrogen and oxygen atoms in total. The van der Waals surface area contributed by atoms with Crippen LogP contribution in [0.1, 0.15) is 58.7 Å². The van der Waals surface area contributed by atoms with E-state index in [0.717, 1.165) is 62.0 Å². The van der Waals surface area contributed by atoms with Gasteiger partial charge in [-0.1, -0.05) is 12.8 Å². The lowest BCUT2D eigenvalue weighted by Crippen LogP contribution is -2.39. The minimum atomic E-state index is -3.84. The molecule has 0 spiro atoms. The van der Waals surface area contributed by atoms with E-state index in [1.54, 1.807) is 9.69 Å². The van der Waals surface area contributed by atoms with Crippen LogP contribution in [0.2, 0.25) is 0 Å². The highest BCUT2D eigenvalue weighted by atomic mass is 32.2. The van der Waals surface area contributed by atoms with Crippen LogP contribution in [0.25, 0.3) is 0 Å². The highest BCUT2D eigenvalue weighted by molar-refractivity contribution is 7.89. The minimum absolute atomic E-state index is 0.0452. The summed E-state index contributed by atoms with van der Waals surface area (Å²) in [4.78, 5) is 12.3. The van der Waals surface area contributed by atoms with Crippen LogP contribution in [0.5, 0.6) is 0 Å². The van der Waals surface area contributed by atoms with E-state index in [0.29, 0.717) is 0 Å². The minimum Gasteiger partial charge on any atom is -0.465 e. The molecular weight excluding hydrogens is 398 g/mol. The van der Waals surface area contributed by atoms with E-state index in [1.807, 2.05) is 11.7 Å². The van der Waals surface area contributed by atoms with E-state index in [1.165, 1.54) is 24.4 Å². The number of aromatic nitrogens is 2. The molecule has 0 aliphatic heterocycles. The Hall–Kier alpha value is -1.71. The maximum absolute atomic E-state index is 13.6. The van der Waals surface area contributed by atoms with E-state index < -0.39 is 16.0 Å². The SMILES string of the molecule is COC(=O)c1sccc1S(=O)(=O)N(Cc1nn(C)c2c1CCC2)C1CCCC1. The quantitative estimate of drug-likeness (QED) is 0.668. The van der Waals surface area contributed by atoms with Crippen LogP contribution in [0.3, 0.4) is 0 Å². The number of ether oxygens (including phenoxy) is 1. The molecule has 0 bridgehead atoms. The average molecular weight is 424 g/mol. The second kappa shape index (κ2) is 7.61. The Kier molecular flexibility index (Phi) is 5.32. The zero-order chi connectivity index (χ0) is 19.9. The van der Waals surface area contributed by atoms with Crippen molar-refractivity contribution >= 4 is 27.3 Å². The van der Waals surface area contributed by atoms with Gasteiger partial charge in [-0.05, 0) is 49.1 Å². The van der Waals surface area contributed by atoms with Gasteiger partial charge in [0.2, 0.25) is 10.0 Å². The lowest BCUT2D eigenvalue weighted by Gasteiger charge is -2.27. The van der Waals surface area contributed by atoms with Gasteiger partial charge in [0, 0.05) is 18.8 Å². The Morgan fingerprint density at radius 1 is 1.32 bits per heavy atom. The molecule has 2 aliphatic carbocycles. The first kappa shape index (κ1) is 19.6. The number of methoxy groups -OCH3 is 1. The van der Waals surface area contributed by atoms with Crippen molar-refractivity contribution in [3.63, 3.8) is 0 Å². The highest BCUT2D eigenvalue weighted by Crippen LogP contribution is 2.35. The Morgan fingerprint density at radius 3 is 2.79 bits per heavy atom. The van der Waals surface area contributed by atoms with Gasteiger partial charge in [0.15, 0.2) is 0 Å². The van der Waals surface area contributed by atoms with Crippen LogP contribution in [-0.4, -0.2) is 41.6 Å². The van der Waals surface area contributed by atoms with Crippen LogP contribution in [-0.2, 0) is 41.2 Å². The molecule has 2 aromatic heterocycles. The molecule has 9 heteroatoms. The molecule has 0 radical (unpaired) electrons. The van der Waals surface area contributed by atoms with E-state index in [9.17, 15) is 13.2 Å². The number of carbonyl (C=O) groups excluding carboxylic acids is 1. The average Bonchev–Trinajstić information content (AvgIpc) is 3.44. The highest BCUT2D eigenvalue weighted by Gasteiger charge is 2.38. The molecule has 2 aliphatic rings. The largest absolute Gasteiger partial charge is 0.465 e. The van der Waals surface area contributed by atoms with Crippen LogP contribution in [0.15, 0.2) is 16.3 Å². The van der Waals surface area contributed by atoms with E-state index in [-0.39, 0.29) is 22.4 Å². The van der Waals surface area contributed by atoms with Crippen molar-refractivity contribution in [2.45, 2.75) is 62.4 Å². The number of aryl methyl sites for hydroxylation is 1. The summed E-state index contributed by atoms with van der Waals surface area (Å²) >= 11 is 1.10. The van der Waals surface area contributed by atoms with Crippen molar-refractivity contribution in [1.29, 1.82) is 0 Å². The van der Waals surface area contributed by atoms with Crippen LogP contribution in [0.4, 0.5) is 0 Å². The predicted molar refractivity (Wildman–Crippen MR) is 106 cm³/mol. The lowest BCUT2D eigenvalue weighted by atomic mass is 10.2. The summed E-state index contributed by atoms with van der Waals surface area (Å²) in [5, 5.41) is 6.26. The zero-order valence-electron chi connectivity index (χ0n) is 16.2. The molecule has 2 aromatic rings. The molecule has 1 fully saturated rings. The predicted octanol–water partition coefficient (Wildman–Crippen LogP) is 2.89. The van der Waals surface area contributed by atoms with Crippen molar-refractivity contribution in [1.82, 2.24) is 14.1 Å². The number of thiophene rings is 1. The number of carbonyl (C=O) groups is 1. The lowest BCUT2D eigenvalue weighted by molar-refractivity contribution is 0.0602. The molecule has 0 unspecified atom stereocenters. The number of fused-ring (bicyclic) bond motifs is 1. The Labute approximate surface area is 169 Å². The molecule has 152 valence electrons. The molecule has 2 heterocycles. The molecule has 0 amide bonds. The normalized spacial score (nSPS) is 17.4. The van der Waals surface area contributed by atoms with Gasteiger partial charge in [0.1, 0.15) is 9.77 Å². The number of sulfonamides is 1. The summed E-state index contributed by atoms with van der Waals surface area (Å²) in [5.74, 6) is -0.612. The first-order chi connectivity index (χ1) is 13.4. The molecule has 0 N–H and O–H groups in total. The standard InChI is InChI=1S/C19H25N3O4S2/c1-21-16-9-5-8-14(16)15(20-21)12-22(13-6-3-4-7-13)28(24,25)17-10-11-27-18(17)19(23)26-2/h10-11,13H,3-9,12H2,1-2H3. The summed E-state index contributed by atoms with van der Waals surface area (Å²) < 4.78 is 35.5. The van der Waals surface area contributed by atoms with Crippen molar-refractivity contribution in [2.75, 3.05) is 7.11 Å². The monoisotopic (exact) mass is 423 g/mol. The third-order valence-electron chi connectivity index (χ3n) is 5.82. The number of nitrogens with zero attached hydrogens (tertiary/aromatic N) is 3. The molecule has 1 saturated carbocycles. The fourth-order valence-electron chi connectivity index (χ4n) is 4.44. The van der Waals surface area contributed by atoms with Gasteiger partial charge in [0.25, 0.3) is 0 Å². The van der Waals surface area contributed by atoms with Gasteiger partial charge in [0.05, 0.1) is 19.3 Å². The number of hydrogen-bond acceptors (Lipinski definition) is 6. The molecular formula is C19H25N3O4S2. The van der Waals surface area contributed by atoms with E-state index in [2.05, 4.69) is 5.10 Å². The first-order valence-corrected chi connectivity index (χ1v) is 12.0. The number of esters is 1. The van der Waals surface area contributed by atoms with Crippen LogP contribution >= 0.6 is 11.3 Å². The van der Waals surface area contributed by atoms with Crippen molar-refractivity contribution < 1.29 is 17.9 Å². The molecule has 28 heavy (non-hydrogen) atoms. The molecule has 4 rings (SSSR count). The van der Waals surface area contributed by atoms with Gasteiger partial charge in [-0.3, -0.25) is 4.68 Å². The Morgan fingerprint density at radius 2 is 2.07 bits per heavy atom. The summed E-state index contributed by atoms with van der Waals surface area (Å²) in [7, 11) is -0.645. The van der Waals surface area contributed by atoms with Gasteiger partial charge in [-0.15, -0.1) is 11.3 Å². The number of hydrogen-bond donors (Lipinski definition) is 0. The molecule has 0 saturated heterocycles. The zero-order valence-corrected chi connectivity index (χ0v) is 17.8. The first-order valence-electron chi connectivity index (χ1n) is 9.64. The van der Waals surface area contributed by atoms with Gasteiger partial charge in [-0.2, -0.15) is 9.40 Å². The topological polar surface area (TPSA) is 81.5 Å². The second-order valence-corrected chi connectivity index (χ2v) is 10.2. The van der Waals surface area contributed by atoms with Crippen molar-refractivity contribution in [3.8, 4) is 0 Å². The third-order valence-corrected chi connectivity index (χ3v) is 8.79. The van der Waals surface area contributed by atoms with E-state index >= 15 is 0 Å². The molecule has 0 aromatic carbocycles. The fourth-order valence-corrected chi connectivity index (χ4v) is 7.40. The van der Waals surface area contributed by atoms with Crippen LogP contribution < -0.4 is 0 Å². The maximum atomic E-state index is 13.6. The van der Waals surface area contributed by atoms with Crippen LogP contribution in [0, 0.1) is 0 Å². The molecule has 0 atom stereocenters. The smallest absolute Gasteiger partial charge is 0.349 e. The summed E-state index contributed by atoms with van der Waals surface area (Å²) in [6.07, 6.45) is 6.74. The summed E-state index contributed by atoms with van der Waals surface area (Å²) in [6, 6.07) is 1.45. The second-order valence-electron chi connectivity index (χ2n) is 7.44. The summed E-state index contributed by atoms with van der Waals surface area (Å²) in [6.45, 7) is 0.257. The maximum Gasteiger partial charge on any atom is 0.349 e. The number of rotatable bonds is 6. The van der Waals surface area contributed by atoms with Crippen molar-refractivity contribution in [3.05, 3.63) is 33.3 Å². The third kappa shape index (κ3) is 3.29. The fraction of sp³-hybridized carbons (Fsp3) is 0.579. The van der Waals surface area contributed by atoms with E-state index in [4.69, 9.17) is 4.74 Å². The van der Waals surface area contributed by atoms with Crippen molar-refractivity contribution in [2.24, 2.45) is 7.05 Å². The van der Waals surface area contributed by atoms with Gasteiger partial charge < -0.3 is 4.74 Å². The summed E-state index contributed by atoms with van der Waals surface area (Å²) in [5.41, 5.74) is 3.25. The Bertz CT molecular complexity index is 987. The van der Waals surface area contributed by atoms with Gasteiger partial charge >= 0.3 is 5.97 Å². The van der Waals surface area contributed by atoms with Gasteiger partial charge in [-0.25, -0.2) is 13.2 Å². The Balaban J connectivity index is 1.74.